The van der Waals surface area contributed by atoms with Crippen molar-refractivity contribution < 1.29 is 0 Å². The van der Waals surface area contributed by atoms with Crippen molar-refractivity contribution in [1.29, 1.82) is 0 Å². The summed E-state index contributed by atoms with van der Waals surface area (Å²) in [5.74, 6) is 0. The van der Waals surface area contributed by atoms with E-state index in [2.05, 4.69) is 37.0 Å². The maximum Gasteiger partial charge on any atom is 0.107 e. The fourth-order valence-electron chi connectivity index (χ4n) is 1.99. The van der Waals surface area contributed by atoms with Crippen molar-refractivity contribution in [3.8, 4) is 10.4 Å². The monoisotopic (exact) mass is 246 g/mol. The Hall–Kier alpha value is -1.19. The van der Waals surface area contributed by atoms with Gasteiger partial charge in [-0.1, -0.05) is 32.0 Å². The summed E-state index contributed by atoms with van der Waals surface area (Å²) in [6.45, 7) is 4.93. The summed E-state index contributed by atoms with van der Waals surface area (Å²) in [6, 6.07) is 6.70. The summed E-state index contributed by atoms with van der Waals surface area (Å²) < 4.78 is 0. The van der Waals surface area contributed by atoms with E-state index in [4.69, 9.17) is 5.73 Å². The topological polar surface area (TPSA) is 38.9 Å². The molecule has 3 heteroatoms. The highest BCUT2D eigenvalue weighted by molar-refractivity contribution is 7.15. The minimum absolute atomic E-state index is 0.526. The largest absolute Gasteiger partial charge is 0.325 e. The van der Waals surface area contributed by atoms with Gasteiger partial charge in [0.2, 0.25) is 0 Å². The fraction of sp³-hybridized carbons (Fsp3) is 0.357. The summed E-state index contributed by atoms with van der Waals surface area (Å²) in [4.78, 5) is 5.51. The van der Waals surface area contributed by atoms with Crippen molar-refractivity contribution in [1.82, 2.24) is 4.98 Å². The molecule has 0 aliphatic heterocycles. The number of hydrogen-bond donors (Lipinski definition) is 1. The molecule has 90 valence electrons. The molecule has 0 saturated heterocycles. The molecule has 2 aromatic rings. The second kappa shape index (κ2) is 5.43. The molecule has 0 radical (unpaired) electrons. The van der Waals surface area contributed by atoms with Crippen molar-refractivity contribution in [2.24, 2.45) is 5.73 Å². The zero-order valence-corrected chi connectivity index (χ0v) is 11.2. The zero-order chi connectivity index (χ0) is 12.3. The predicted octanol–water partition coefficient (Wildman–Crippen LogP) is 3.39. The Morgan fingerprint density at radius 3 is 2.53 bits per heavy atom. The average molecular weight is 246 g/mol. The first-order valence-electron chi connectivity index (χ1n) is 6.05. The van der Waals surface area contributed by atoms with Gasteiger partial charge in [0.05, 0.1) is 4.88 Å². The lowest BCUT2D eigenvalue weighted by molar-refractivity contribution is 1.04. The molecule has 0 atom stereocenters. The number of thiazole rings is 1. The Labute approximate surface area is 107 Å². The van der Waals surface area contributed by atoms with E-state index >= 15 is 0 Å². The van der Waals surface area contributed by atoms with Crippen LogP contribution in [0.15, 0.2) is 24.4 Å². The number of rotatable bonds is 4. The molecule has 1 aromatic heterocycles. The molecule has 0 amide bonds. The second-order valence-electron chi connectivity index (χ2n) is 4.01. The zero-order valence-electron chi connectivity index (χ0n) is 10.4. The van der Waals surface area contributed by atoms with Crippen LogP contribution in [0.5, 0.6) is 0 Å². The molecule has 0 saturated carbocycles. The van der Waals surface area contributed by atoms with Crippen LogP contribution < -0.4 is 5.73 Å². The van der Waals surface area contributed by atoms with Gasteiger partial charge in [-0.25, -0.2) is 4.98 Å². The van der Waals surface area contributed by atoms with Gasteiger partial charge < -0.3 is 5.73 Å². The number of aromatic nitrogens is 1. The van der Waals surface area contributed by atoms with E-state index in [0.29, 0.717) is 6.54 Å². The molecule has 2 N–H and O–H groups in total. The molecule has 0 unspecified atom stereocenters. The van der Waals surface area contributed by atoms with Crippen LogP contribution in [0, 0.1) is 0 Å². The summed E-state index contributed by atoms with van der Waals surface area (Å²) in [7, 11) is 0. The Bertz CT molecular complexity index is 503. The number of benzene rings is 1. The van der Waals surface area contributed by atoms with Crippen molar-refractivity contribution in [2.75, 3.05) is 0 Å². The highest BCUT2D eigenvalue weighted by Gasteiger charge is 2.06. The molecule has 0 aliphatic carbocycles. The van der Waals surface area contributed by atoms with Gasteiger partial charge in [0.25, 0.3) is 0 Å². The molecule has 17 heavy (non-hydrogen) atoms. The van der Waals surface area contributed by atoms with Crippen LogP contribution in [-0.2, 0) is 19.4 Å². The lowest BCUT2D eigenvalue weighted by Crippen LogP contribution is -1.93. The molecular formula is C14H18N2S. The van der Waals surface area contributed by atoms with Crippen molar-refractivity contribution in [3.05, 3.63) is 40.5 Å². The highest BCUT2D eigenvalue weighted by atomic mass is 32.1. The summed E-state index contributed by atoms with van der Waals surface area (Å²) in [5.41, 5.74) is 9.73. The molecule has 0 fully saturated rings. The first kappa shape index (κ1) is 12.3. The number of nitrogens with two attached hydrogens (primary N) is 1. The maximum atomic E-state index is 5.59. The average Bonchev–Trinajstić information content (AvgIpc) is 2.86. The van der Waals surface area contributed by atoms with Crippen LogP contribution in [0.3, 0.4) is 0 Å². The van der Waals surface area contributed by atoms with Crippen molar-refractivity contribution in [2.45, 2.75) is 33.2 Å². The number of aryl methyl sites for hydroxylation is 2. The van der Waals surface area contributed by atoms with Gasteiger partial charge in [0.15, 0.2) is 0 Å². The van der Waals surface area contributed by atoms with Crippen LogP contribution in [0.4, 0.5) is 0 Å². The SMILES string of the molecule is CCc1ccc(-c2cnc(CN)s2)cc1CC. The Kier molecular flexibility index (Phi) is 3.92. The van der Waals surface area contributed by atoms with Gasteiger partial charge in [-0.05, 0) is 29.5 Å². The highest BCUT2D eigenvalue weighted by Crippen LogP contribution is 2.28. The third-order valence-corrected chi connectivity index (χ3v) is 4.05. The number of hydrogen-bond acceptors (Lipinski definition) is 3. The van der Waals surface area contributed by atoms with Crippen LogP contribution >= 0.6 is 11.3 Å². The van der Waals surface area contributed by atoms with E-state index in [1.165, 1.54) is 21.6 Å². The second-order valence-corrected chi connectivity index (χ2v) is 5.13. The van der Waals surface area contributed by atoms with Gasteiger partial charge in [0, 0.05) is 12.7 Å². The van der Waals surface area contributed by atoms with Gasteiger partial charge >= 0.3 is 0 Å². The van der Waals surface area contributed by atoms with Gasteiger partial charge in [-0.15, -0.1) is 11.3 Å². The summed E-state index contributed by atoms with van der Waals surface area (Å²) in [5, 5.41) is 0.998. The third kappa shape index (κ3) is 2.56. The first-order chi connectivity index (χ1) is 8.28. The molecule has 2 rings (SSSR count). The quantitative estimate of drug-likeness (QED) is 0.898. The minimum atomic E-state index is 0.526. The minimum Gasteiger partial charge on any atom is -0.325 e. The normalized spacial score (nSPS) is 10.8. The van der Waals surface area contributed by atoms with E-state index in [9.17, 15) is 0 Å². The summed E-state index contributed by atoms with van der Waals surface area (Å²) >= 11 is 1.68. The van der Waals surface area contributed by atoms with E-state index in [1.54, 1.807) is 11.3 Å². The molecule has 0 aliphatic rings. The van der Waals surface area contributed by atoms with Crippen LogP contribution in [0.25, 0.3) is 10.4 Å². The molecule has 2 nitrogen and oxygen atoms in total. The molecule has 0 bridgehead atoms. The number of nitrogens with zero attached hydrogens (tertiary/aromatic N) is 1. The summed E-state index contributed by atoms with van der Waals surface area (Å²) in [6.07, 6.45) is 4.10. The van der Waals surface area contributed by atoms with Crippen LogP contribution in [0.1, 0.15) is 30.0 Å². The molecule has 1 aromatic carbocycles. The van der Waals surface area contributed by atoms with Gasteiger partial charge in [-0.3, -0.25) is 0 Å². The Morgan fingerprint density at radius 2 is 1.94 bits per heavy atom. The van der Waals surface area contributed by atoms with Gasteiger partial charge in [0.1, 0.15) is 5.01 Å². The molecular weight excluding hydrogens is 228 g/mol. The molecule has 0 spiro atoms. The Balaban J connectivity index is 2.38. The fourth-order valence-corrected chi connectivity index (χ4v) is 2.78. The van der Waals surface area contributed by atoms with E-state index in [1.807, 2.05) is 6.20 Å². The van der Waals surface area contributed by atoms with Crippen LogP contribution in [0.2, 0.25) is 0 Å². The van der Waals surface area contributed by atoms with E-state index in [-0.39, 0.29) is 0 Å². The first-order valence-corrected chi connectivity index (χ1v) is 6.87. The van der Waals surface area contributed by atoms with Gasteiger partial charge in [-0.2, -0.15) is 0 Å². The standard InChI is InChI=1S/C14H18N2S/c1-3-10-5-6-12(7-11(10)4-2)13-9-16-14(8-15)17-13/h5-7,9H,3-4,8,15H2,1-2H3. The maximum absolute atomic E-state index is 5.59. The smallest absolute Gasteiger partial charge is 0.107 e. The van der Waals surface area contributed by atoms with E-state index in [0.717, 1.165) is 17.8 Å². The Morgan fingerprint density at radius 1 is 1.18 bits per heavy atom. The lowest BCUT2D eigenvalue weighted by Gasteiger charge is -2.07. The lowest BCUT2D eigenvalue weighted by atomic mass is 10.00. The molecule has 1 heterocycles. The van der Waals surface area contributed by atoms with E-state index < -0.39 is 0 Å². The third-order valence-electron chi connectivity index (χ3n) is 2.98. The van der Waals surface area contributed by atoms with Crippen molar-refractivity contribution in [3.63, 3.8) is 0 Å². The van der Waals surface area contributed by atoms with Crippen LogP contribution in [-0.4, -0.2) is 4.98 Å². The van der Waals surface area contributed by atoms with Crippen molar-refractivity contribution >= 4 is 11.3 Å². The predicted molar refractivity (Wildman–Crippen MR) is 74.2 cm³/mol.